The Bertz CT molecular complexity index is 125. The van der Waals surface area contributed by atoms with Gasteiger partial charge >= 0.3 is 0 Å². The average molecular weight is 187 g/mol. The molecule has 1 aliphatic rings. The Labute approximate surface area is 80.5 Å². The molecule has 2 N–H and O–H groups in total. The van der Waals surface area contributed by atoms with Crippen molar-refractivity contribution in [2.24, 2.45) is 11.7 Å². The Morgan fingerprint density at radius 2 is 2.17 bits per heavy atom. The highest BCUT2D eigenvalue weighted by atomic mass is 32.2. The van der Waals surface area contributed by atoms with Gasteiger partial charge < -0.3 is 5.73 Å². The van der Waals surface area contributed by atoms with Crippen molar-refractivity contribution in [1.82, 2.24) is 0 Å². The number of nitrogens with two attached hydrogens (primary N) is 1. The van der Waals surface area contributed by atoms with Crippen molar-refractivity contribution in [3.8, 4) is 0 Å². The van der Waals surface area contributed by atoms with Crippen LogP contribution in [0.5, 0.6) is 0 Å². The van der Waals surface area contributed by atoms with Crippen molar-refractivity contribution in [1.29, 1.82) is 0 Å². The van der Waals surface area contributed by atoms with Crippen molar-refractivity contribution in [2.45, 2.75) is 50.8 Å². The van der Waals surface area contributed by atoms with Gasteiger partial charge in [-0.3, -0.25) is 0 Å². The molecule has 1 rings (SSSR count). The SMILES string of the molecule is CC(C)CSC1CCCC(N)C1. The van der Waals surface area contributed by atoms with E-state index in [9.17, 15) is 0 Å². The Kier molecular flexibility index (Phi) is 4.44. The second-order valence-corrected chi connectivity index (χ2v) is 5.61. The van der Waals surface area contributed by atoms with Crippen LogP contribution in [0.25, 0.3) is 0 Å². The third kappa shape index (κ3) is 3.81. The molecule has 0 aromatic rings. The highest BCUT2D eigenvalue weighted by Crippen LogP contribution is 2.28. The molecule has 0 saturated heterocycles. The van der Waals surface area contributed by atoms with Crippen LogP contribution in [0.1, 0.15) is 39.5 Å². The van der Waals surface area contributed by atoms with Crippen LogP contribution in [0.15, 0.2) is 0 Å². The third-order valence-electron chi connectivity index (χ3n) is 2.33. The molecule has 72 valence electrons. The quantitative estimate of drug-likeness (QED) is 0.735. The monoisotopic (exact) mass is 187 g/mol. The highest BCUT2D eigenvalue weighted by molar-refractivity contribution is 7.99. The molecule has 0 amide bonds. The maximum absolute atomic E-state index is 5.92. The van der Waals surface area contributed by atoms with E-state index in [2.05, 4.69) is 25.6 Å². The molecule has 1 nitrogen and oxygen atoms in total. The van der Waals surface area contributed by atoms with E-state index in [1.54, 1.807) is 0 Å². The Balaban J connectivity index is 2.14. The van der Waals surface area contributed by atoms with E-state index < -0.39 is 0 Å². The zero-order chi connectivity index (χ0) is 8.97. The molecule has 0 heterocycles. The molecule has 2 atom stereocenters. The first kappa shape index (κ1) is 10.4. The minimum absolute atomic E-state index is 0.489. The number of thioether (sulfide) groups is 1. The van der Waals surface area contributed by atoms with Gasteiger partial charge in [-0.25, -0.2) is 0 Å². The van der Waals surface area contributed by atoms with E-state index in [1.807, 2.05) is 0 Å². The summed E-state index contributed by atoms with van der Waals surface area (Å²) in [6.45, 7) is 4.57. The summed E-state index contributed by atoms with van der Waals surface area (Å²) in [7, 11) is 0. The standard InChI is InChI=1S/C10H21NS/c1-8(2)7-12-10-5-3-4-9(11)6-10/h8-10H,3-7,11H2,1-2H3. The van der Waals surface area contributed by atoms with Crippen LogP contribution in [-0.2, 0) is 0 Å². The third-order valence-corrected chi connectivity index (χ3v) is 4.09. The molecule has 0 bridgehead atoms. The van der Waals surface area contributed by atoms with Gasteiger partial charge in [0.1, 0.15) is 0 Å². The fourth-order valence-corrected chi connectivity index (χ4v) is 3.03. The highest BCUT2D eigenvalue weighted by Gasteiger charge is 2.19. The van der Waals surface area contributed by atoms with Gasteiger partial charge in [0.2, 0.25) is 0 Å². The van der Waals surface area contributed by atoms with Gasteiger partial charge in [-0.15, -0.1) is 0 Å². The summed E-state index contributed by atoms with van der Waals surface area (Å²) in [6.07, 6.45) is 5.23. The molecule has 0 aromatic heterocycles. The smallest absolute Gasteiger partial charge is 0.00618 e. The maximum Gasteiger partial charge on any atom is 0.00618 e. The Morgan fingerprint density at radius 3 is 2.75 bits per heavy atom. The van der Waals surface area contributed by atoms with Gasteiger partial charge in [-0.2, -0.15) is 11.8 Å². The molecule has 2 unspecified atom stereocenters. The summed E-state index contributed by atoms with van der Waals surface area (Å²) in [5.41, 5.74) is 5.92. The molecule has 0 aromatic carbocycles. The van der Waals surface area contributed by atoms with Crippen molar-refractivity contribution in [3.63, 3.8) is 0 Å². The maximum atomic E-state index is 5.92. The number of rotatable bonds is 3. The summed E-state index contributed by atoms with van der Waals surface area (Å²) in [5.74, 6) is 2.13. The van der Waals surface area contributed by atoms with Gasteiger partial charge in [0.25, 0.3) is 0 Å². The van der Waals surface area contributed by atoms with E-state index in [0.717, 1.165) is 11.2 Å². The summed E-state index contributed by atoms with van der Waals surface area (Å²) >= 11 is 2.13. The lowest BCUT2D eigenvalue weighted by Crippen LogP contribution is -2.29. The molecular weight excluding hydrogens is 166 g/mol. The van der Waals surface area contributed by atoms with Gasteiger partial charge in [0.05, 0.1) is 0 Å². The van der Waals surface area contributed by atoms with Gasteiger partial charge in [-0.1, -0.05) is 20.3 Å². The molecule has 0 spiro atoms. The first-order valence-electron chi connectivity index (χ1n) is 5.05. The topological polar surface area (TPSA) is 26.0 Å². The average Bonchev–Trinajstić information content (AvgIpc) is 2.01. The minimum atomic E-state index is 0.489. The van der Waals surface area contributed by atoms with Gasteiger partial charge in [0.15, 0.2) is 0 Å². The van der Waals surface area contributed by atoms with Crippen molar-refractivity contribution in [2.75, 3.05) is 5.75 Å². The second-order valence-electron chi connectivity index (χ2n) is 4.28. The molecule has 1 fully saturated rings. The second kappa shape index (κ2) is 5.13. The first-order chi connectivity index (χ1) is 5.68. The summed E-state index contributed by atoms with van der Waals surface area (Å²) in [6, 6.07) is 0.489. The van der Waals surface area contributed by atoms with E-state index in [-0.39, 0.29) is 0 Å². The summed E-state index contributed by atoms with van der Waals surface area (Å²) in [5, 5.41) is 0.858. The van der Waals surface area contributed by atoms with Crippen molar-refractivity contribution < 1.29 is 0 Å². The van der Waals surface area contributed by atoms with Crippen LogP contribution in [0, 0.1) is 5.92 Å². The molecule has 1 aliphatic carbocycles. The van der Waals surface area contributed by atoms with E-state index in [0.29, 0.717) is 6.04 Å². The Hall–Kier alpha value is 0.310. The van der Waals surface area contributed by atoms with Crippen molar-refractivity contribution >= 4 is 11.8 Å². The molecular formula is C10H21NS. The lowest BCUT2D eigenvalue weighted by Gasteiger charge is -2.26. The van der Waals surface area contributed by atoms with Crippen LogP contribution in [-0.4, -0.2) is 17.0 Å². The number of hydrogen-bond acceptors (Lipinski definition) is 2. The summed E-state index contributed by atoms with van der Waals surface area (Å²) < 4.78 is 0. The predicted octanol–water partition coefficient (Wildman–Crippen LogP) is 2.65. The van der Waals surface area contributed by atoms with Gasteiger partial charge in [0, 0.05) is 11.3 Å². The molecule has 0 aliphatic heterocycles. The van der Waals surface area contributed by atoms with E-state index in [4.69, 9.17) is 5.73 Å². The lowest BCUT2D eigenvalue weighted by molar-refractivity contribution is 0.451. The van der Waals surface area contributed by atoms with Gasteiger partial charge in [-0.05, 0) is 30.9 Å². The van der Waals surface area contributed by atoms with Crippen LogP contribution in [0.3, 0.4) is 0 Å². The van der Waals surface area contributed by atoms with Crippen LogP contribution in [0.2, 0.25) is 0 Å². The number of hydrogen-bond donors (Lipinski definition) is 1. The molecule has 12 heavy (non-hydrogen) atoms. The first-order valence-corrected chi connectivity index (χ1v) is 6.10. The normalized spacial score (nSPS) is 31.0. The van der Waals surface area contributed by atoms with Crippen LogP contribution >= 0.6 is 11.8 Å². The zero-order valence-corrected chi connectivity index (χ0v) is 9.07. The fraction of sp³-hybridized carbons (Fsp3) is 1.00. The van der Waals surface area contributed by atoms with Crippen molar-refractivity contribution in [3.05, 3.63) is 0 Å². The molecule has 2 heteroatoms. The largest absolute Gasteiger partial charge is 0.328 e. The van der Waals surface area contributed by atoms with Crippen LogP contribution < -0.4 is 5.73 Å². The fourth-order valence-electron chi connectivity index (χ4n) is 1.66. The predicted molar refractivity (Wildman–Crippen MR) is 57.5 cm³/mol. The molecule has 1 saturated carbocycles. The van der Waals surface area contributed by atoms with Crippen LogP contribution in [0.4, 0.5) is 0 Å². The Morgan fingerprint density at radius 1 is 1.42 bits per heavy atom. The minimum Gasteiger partial charge on any atom is -0.328 e. The molecule has 0 radical (unpaired) electrons. The zero-order valence-electron chi connectivity index (χ0n) is 8.25. The van der Waals surface area contributed by atoms with E-state index >= 15 is 0 Å². The lowest BCUT2D eigenvalue weighted by atomic mass is 9.96. The summed E-state index contributed by atoms with van der Waals surface area (Å²) in [4.78, 5) is 0. The van der Waals surface area contributed by atoms with E-state index in [1.165, 1.54) is 31.4 Å².